The van der Waals surface area contributed by atoms with E-state index < -0.39 is 11.9 Å². The average Bonchev–Trinajstić information content (AvgIpc) is 2.98. The van der Waals surface area contributed by atoms with Gasteiger partial charge in [0, 0.05) is 19.4 Å². The van der Waals surface area contributed by atoms with Crippen molar-refractivity contribution >= 4 is 23.4 Å². The summed E-state index contributed by atoms with van der Waals surface area (Å²) in [7, 11) is 0. The number of allylic oxidation sites excluding steroid dienone is 1. The third-order valence-electron chi connectivity index (χ3n) is 6.64. The Morgan fingerprint density at radius 3 is 2.32 bits per heavy atom. The Morgan fingerprint density at radius 2 is 1.61 bits per heavy atom. The molecule has 0 unspecified atom stereocenters. The fourth-order valence-electron chi connectivity index (χ4n) is 4.95. The number of rotatable bonds is 9. The third-order valence-corrected chi connectivity index (χ3v) is 6.64. The number of aryl methyl sites for hydroxylation is 2. The van der Waals surface area contributed by atoms with Crippen LogP contribution < -0.4 is 10.4 Å². The van der Waals surface area contributed by atoms with Crippen LogP contribution in [0.3, 0.4) is 0 Å². The number of nitrogens with one attached hydrogen (secondary N) is 1. The highest BCUT2D eigenvalue weighted by molar-refractivity contribution is 6.11. The summed E-state index contributed by atoms with van der Waals surface area (Å²) in [5.41, 5.74) is 6.91. The minimum Gasteiger partial charge on any atom is -0.322 e. The second kappa shape index (κ2) is 12.3. The Bertz CT molecular complexity index is 1320. The predicted molar refractivity (Wildman–Crippen MR) is 147 cm³/mol. The molecular formula is C31H33N3O4. The SMILES string of the molecule is Cc1cc(C)cc(CN2C(=O)[C@H](Cc3ccccc3)N(C/C=C/CCC(=O)NO)C(=O)c3ccccc32)c1. The van der Waals surface area contributed by atoms with Crippen molar-refractivity contribution in [3.8, 4) is 0 Å². The average molecular weight is 512 g/mol. The molecule has 1 heterocycles. The first kappa shape index (κ1) is 26.8. The number of nitrogens with zero attached hydrogens (tertiary/aromatic N) is 2. The highest BCUT2D eigenvalue weighted by Gasteiger charge is 2.39. The summed E-state index contributed by atoms with van der Waals surface area (Å²) >= 11 is 0. The number of amides is 3. The van der Waals surface area contributed by atoms with E-state index in [0.717, 1.165) is 22.3 Å². The number of hydrogen-bond donors (Lipinski definition) is 2. The molecule has 7 heteroatoms. The van der Waals surface area contributed by atoms with Gasteiger partial charge in [0.1, 0.15) is 6.04 Å². The molecule has 0 aliphatic carbocycles. The molecule has 196 valence electrons. The highest BCUT2D eigenvalue weighted by Crippen LogP contribution is 2.31. The summed E-state index contributed by atoms with van der Waals surface area (Å²) in [4.78, 5) is 42.9. The standard InChI is InChI=1S/C31H33N3O4/c1-22-17-23(2)19-25(18-22)21-34-27-14-9-8-13-26(27)30(36)33(16-10-4-7-15-29(35)32-38)28(31(34)37)20-24-11-5-3-6-12-24/h3-6,8-14,17-19,28,38H,7,15-16,20-21H2,1-2H3,(H,32,35)/b10-4+/t28-/m0/s1. The Labute approximate surface area is 223 Å². The van der Waals surface area contributed by atoms with Crippen LogP contribution in [0, 0.1) is 13.8 Å². The molecule has 0 spiro atoms. The van der Waals surface area contributed by atoms with Gasteiger partial charge in [-0.3, -0.25) is 19.6 Å². The topological polar surface area (TPSA) is 90.0 Å². The van der Waals surface area contributed by atoms with E-state index in [-0.39, 0.29) is 24.8 Å². The molecule has 0 saturated carbocycles. The predicted octanol–water partition coefficient (Wildman–Crippen LogP) is 4.75. The second-order valence-corrected chi connectivity index (χ2v) is 9.65. The van der Waals surface area contributed by atoms with Gasteiger partial charge < -0.3 is 9.80 Å². The molecule has 3 amide bonds. The number of hydrogen-bond acceptors (Lipinski definition) is 4. The molecule has 7 nitrogen and oxygen atoms in total. The van der Waals surface area contributed by atoms with Gasteiger partial charge in [-0.2, -0.15) is 0 Å². The fraction of sp³-hybridized carbons (Fsp3) is 0.258. The number of carbonyl (C=O) groups excluding carboxylic acids is 3. The number of benzene rings is 3. The molecule has 2 N–H and O–H groups in total. The van der Waals surface area contributed by atoms with Crippen LogP contribution in [-0.2, 0) is 22.6 Å². The molecular weight excluding hydrogens is 478 g/mol. The number of fused-ring (bicyclic) bond motifs is 1. The van der Waals surface area contributed by atoms with Gasteiger partial charge in [0.2, 0.25) is 11.8 Å². The summed E-state index contributed by atoms with van der Waals surface area (Å²) in [6.07, 6.45) is 4.50. The first-order chi connectivity index (χ1) is 18.4. The monoisotopic (exact) mass is 511 g/mol. The van der Waals surface area contributed by atoms with E-state index in [4.69, 9.17) is 5.21 Å². The molecule has 0 radical (unpaired) electrons. The Hall–Kier alpha value is -4.23. The van der Waals surface area contributed by atoms with Crippen molar-refractivity contribution in [2.24, 2.45) is 0 Å². The maximum absolute atomic E-state index is 14.3. The number of hydroxylamine groups is 1. The number of anilines is 1. The van der Waals surface area contributed by atoms with Gasteiger partial charge >= 0.3 is 0 Å². The lowest BCUT2D eigenvalue weighted by Crippen LogP contribution is -2.49. The molecule has 1 atom stereocenters. The van der Waals surface area contributed by atoms with Crippen molar-refractivity contribution < 1.29 is 19.6 Å². The first-order valence-corrected chi connectivity index (χ1v) is 12.8. The van der Waals surface area contributed by atoms with E-state index in [1.807, 2.05) is 62.4 Å². The zero-order valence-corrected chi connectivity index (χ0v) is 21.8. The quantitative estimate of drug-likeness (QED) is 0.247. The van der Waals surface area contributed by atoms with E-state index in [0.29, 0.717) is 30.6 Å². The summed E-state index contributed by atoms with van der Waals surface area (Å²) in [6.45, 7) is 4.65. The second-order valence-electron chi connectivity index (χ2n) is 9.65. The number of para-hydroxylation sites is 1. The van der Waals surface area contributed by atoms with E-state index in [1.54, 1.807) is 33.5 Å². The zero-order valence-electron chi connectivity index (χ0n) is 21.8. The molecule has 3 aromatic rings. The summed E-state index contributed by atoms with van der Waals surface area (Å²) in [5, 5.41) is 8.70. The molecule has 0 aromatic heterocycles. The van der Waals surface area contributed by atoms with Crippen LogP contribution in [0.5, 0.6) is 0 Å². The fourth-order valence-corrected chi connectivity index (χ4v) is 4.95. The van der Waals surface area contributed by atoms with Crippen molar-refractivity contribution in [1.29, 1.82) is 0 Å². The Morgan fingerprint density at radius 1 is 0.921 bits per heavy atom. The maximum Gasteiger partial charge on any atom is 0.256 e. The van der Waals surface area contributed by atoms with Crippen LogP contribution >= 0.6 is 0 Å². The van der Waals surface area contributed by atoms with Gasteiger partial charge in [0.05, 0.1) is 17.8 Å². The molecule has 4 rings (SSSR count). The molecule has 3 aromatic carbocycles. The van der Waals surface area contributed by atoms with E-state index in [9.17, 15) is 14.4 Å². The van der Waals surface area contributed by atoms with Crippen LogP contribution in [0.4, 0.5) is 5.69 Å². The van der Waals surface area contributed by atoms with Gasteiger partial charge in [-0.15, -0.1) is 0 Å². The third kappa shape index (κ3) is 6.36. The van der Waals surface area contributed by atoms with Crippen molar-refractivity contribution in [3.63, 3.8) is 0 Å². The van der Waals surface area contributed by atoms with Crippen molar-refractivity contribution in [1.82, 2.24) is 10.4 Å². The Balaban J connectivity index is 1.72. The van der Waals surface area contributed by atoms with E-state index >= 15 is 0 Å². The van der Waals surface area contributed by atoms with E-state index in [1.165, 1.54) is 0 Å². The minimum atomic E-state index is -0.714. The lowest BCUT2D eigenvalue weighted by molar-refractivity contribution is -0.129. The van der Waals surface area contributed by atoms with Crippen molar-refractivity contribution in [2.45, 2.75) is 45.7 Å². The van der Waals surface area contributed by atoms with Crippen LogP contribution in [0.1, 0.15) is 45.5 Å². The van der Waals surface area contributed by atoms with Crippen LogP contribution in [-0.4, -0.2) is 40.4 Å². The Kier molecular flexibility index (Phi) is 8.71. The van der Waals surface area contributed by atoms with Crippen LogP contribution in [0.2, 0.25) is 0 Å². The smallest absolute Gasteiger partial charge is 0.256 e. The van der Waals surface area contributed by atoms with Gasteiger partial charge in [-0.1, -0.05) is 83.9 Å². The van der Waals surface area contributed by atoms with Crippen molar-refractivity contribution in [2.75, 3.05) is 11.4 Å². The van der Waals surface area contributed by atoms with Crippen LogP contribution in [0.15, 0.2) is 84.9 Å². The van der Waals surface area contributed by atoms with Gasteiger partial charge in [-0.25, -0.2) is 5.48 Å². The number of carbonyl (C=O) groups is 3. The summed E-state index contributed by atoms with van der Waals surface area (Å²) in [6, 6.07) is 22.5. The van der Waals surface area contributed by atoms with E-state index in [2.05, 4.69) is 18.2 Å². The van der Waals surface area contributed by atoms with Crippen LogP contribution in [0.25, 0.3) is 0 Å². The first-order valence-electron chi connectivity index (χ1n) is 12.8. The summed E-state index contributed by atoms with van der Waals surface area (Å²) in [5.74, 6) is -0.830. The molecule has 1 aliphatic heterocycles. The summed E-state index contributed by atoms with van der Waals surface area (Å²) < 4.78 is 0. The van der Waals surface area contributed by atoms with Gasteiger partial charge in [0.25, 0.3) is 5.91 Å². The van der Waals surface area contributed by atoms with Gasteiger partial charge in [-0.05, 0) is 43.5 Å². The lowest BCUT2D eigenvalue weighted by atomic mass is 10.0. The maximum atomic E-state index is 14.3. The molecule has 0 saturated heterocycles. The largest absolute Gasteiger partial charge is 0.322 e. The normalized spacial score (nSPS) is 15.5. The highest BCUT2D eigenvalue weighted by atomic mass is 16.5. The van der Waals surface area contributed by atoms with Gasteiger partial charge in [0.15, 0.2) is 0 Å². The molecule has 0 fully saturated rings. The van der Waals surface area contributed by atoms with Crippen molar-refractivity contribution in [3.05, 3.63) is 113 Å². The zero-order chi connectivity index (χ0) is 27.1. The lowest BCUT2D eigenvalue weighted by Gasteiger charge is -2.31. The molecule has 0 bridgehead atoms. The molecule has 38 heavy (non-hydrogen) atoms. The minimum absolute atomic E-state index is 0.125. The molecule has 1 aliphatic rings.